The highest BCUT2D eigenvalue weighted by Crippen LogP contribution is 2.20. The molecular weight excluding hydrogens is 252 g/mol. The quantitative estimate of drug-likeness (QED) is 0.667. The summed E-state index contributed by atoms with van der Waals surface area (Å²) in [7, 11) is 0. The van der Waals surface area contributed by atoms with Crippen LogP contribution in [0.1, 0.15) is 19.8 Å². The van der Waals surface area contributed by atoms with Gasteiger partial charge in [0.1, 0.15) is 0 Å². The highest BCUT2D eigenvalue weighted by molar-refractivity contribution is 5.62. The van der Waals surface area contributed by atoms with Crippen molar-refractivity contribution in [1.29, 1.82) is 0 Å². The molecule has 0 atom stereocenters. The molecule has 0 aliphatic rings. The molecule has 0 aliphatic heterocycles. The number of hydrogen-bond donors (Lipinski definition) is 0. The Morgan fingerprint density at radius 3 is 2.80 bits per heavy atom. The van der Waals surface area contributed by atoms with Gasteiger partial charge in [-0.15, -0.1) is 5.10 Å². The Morgan fingerprint density at radius 1 is 1.15 bits per heavy atom. The van der Waals surface area contributed by atoms with Gasteiger partial charge in [-0.2, -0.15) is 0 Å². The second-order valence-corrected chi connectivity index (χ2v) is 4.52. The fourth-order valence-electron chi connectivity index (χ4n) is 1.97. The molecule has 0 spiro atoms. The van der Waals surface area contributed by atoms with E-state index in [1.54, 1.807) is 16.9 Å². The molecule has 3 aromatic rings. The molecular formula is C15H16N4O. The number of fused-ring (bicyclic) bond motifs is 1. The van der Waals surface area contributed by atoms with Gasteiger partial charge < -0.3 is 4.74 Å². The van der Waals surface area contributed by atoms with E-state index in [4.69, 9.17) is 4.74 Å². The molecule has 0 aliphatic carbocycles. The van der Waals surface area contributed by atoms with Crippen LogP contribution >= 0.6 is 0 Å². The van der Waals surface area contributed by atoms with E-state index in [9.17, 15) is 0 Å². The lowest BCUT2D eigenvalue weighted by Crippen LogP contribution is -2.02. The maximum Gasteiger partial charge on any atom is 0.231 e. The van der Waals surface area contributed by atoms with E-state index >= 15 is 0 Å². The summed E-state index contributed by atoms with van der Waals surface area (Å²) >= 11 is 0. The number of aromatic nitrogens is 4. The summed E-state index contributed by atoms with van der Waals surface area (Å²) in [5.41, 5.74) is 2.77. The summed E-state index contributed by atoms with van der Waals surface area (Å²) in [6.07, 6.45) is 7.47. The maximum absolute atomic E-state index is 5.64. The second-order valence-electron chi connectivity index (χ2n) is 4.52. The lowest BCUT2D eigenvalue weighted by Gasteiger charge is -2.05. The smallest absolute Gasteiger partial charge is 0.231 e. The van der Waals surface area contributed by atoms with Crippen molar-refractivity contribution in [3.8, 4) is 17.1 Å². The molecule has 3 rings (SSSR count). The maximum atomic E-state index is 5.64. The van der Waals surface area contributed by atoms with Gasteiger partial charge in [-0.1, -0.05) is 13.3 Å². The topological polar surface area (TPSA) is 52.3 Å². The van der Waals surface area contributed by atoms with Gasteiger partial charge in [0.25, 0.3) is 0 Å². The van der Waals surface area contributed by atoms with Crippen molar-refractivity contribution in [2.24, 2.45) is 0 Å². The SMILES string of the molecule is CCCCOc1ccc2ncc(-c3ccncc3)n2n1. The van der Waals surface area contributed by atoms with Crippen LogP contribution < -0.4 is 4.74 Å². The number of pyridine rings is 1. The van der Waals surface area contributed by atoms with Gasteiger partial charge >= 0.3 is 0 Å². The Morgan fingerprint density at radius 2 is 2.00 bits per heavy atom. The van der Waals surface area contributed by atoms with Crippen LogP contribution in [0.3, 0.4) is 0 Å². The first-order chi connectivity index (χ1) is 9.88. The monoisotopic (exact) mass is 268 g/mol. The minimum atomic E-state index is 0.624. The van der Waals surface area contributed by atoms with Gasteiger partial charge in [-0.3, -0.25) is 4.98 Å². The highest BCUT2D eigenvalue weighted by atomic mass is 16.5. The minimum absolute atomic E-state index is 0.624. The molecule has 20 heavy (non-hydrogen) atoms. The Balaban J connectivity index is 1.96. The molecule has 0 N–H and O–H groups in total. The van der Waals surface area contributed by atoms with Crippen LogP contribution in [0.4, 0.5) is 0 Å². The van der Waals surface area contributed by atoms with E-state index in [0.717, 1.165) is 29.7 Å². The first-order valence-corrected chi connectivity index (χ1v) is 6.76. The molecule has 0 saturated heterocycles. The molecule has 5 heteroatoms. The Kier molecular flexibility index (Phi) is 3.58. The Bertz CT molecular complexity index is 693. The Hall–Kier alpha value is -2.43. The van der Waals surface area contributed by atoms with E-state index in [2.05, 4.69) is 22.0 Å². The Labute approximate surface area is 117 Å². The van der Waals surface area contributed by atoms with Gasteiger partial charge in [0.05, 0.1) is 18.5 Å². The lowest BCUT2D eigenvalue weighted by molar-refractivity contribution is 0.293. The van der Waals surface area contributed by atoms with Crippen LogP contribution in [-0.2, 0) is 0 Å². The number of hydrogen-bond acceptors (Lipinski definition) is 4. The number of imidazole rings is 1. The third kappa shape index (κ3) is 2.47. The highest BCUT2D eigenvalue weighted by Gasteiger charge is 2.08. The van der Waals surface area contributed by atoms with E-state index in [1.165, 1.54) is 0 Å². The summed E-state index contributed by atoms with van der Waals surface area (Å²) in [5, 5.41) is 4.49. The van der Waals surface area contributed by atoms with Gasteiger partial charge in [0.15, 0.2) is 5.65 Å². The standard InChI is InChI=1S/C15H16N4O/c1-2-3-10-20-15-5-4-14-17-11-13(19(14)18-15)12-6-8-16-9-7-12/h4-9,11H,2-3,10H2,1H3. The van der Waals surface area contributed by atoms with Crippen molar-refractivity contribution in [3.63, 3.8) is 0 Å². The van der Waals surface area contributed by atoms with Crippen molar-refractivity contribution in [1.82, 2.24) is 19.6 Å². The largest absolute Gasteiger partial charge is 0.477 e. The summed E-state index contributed by atoms with van der Waals surface area (Å²) in [5.74, 6) is 0.624. The average Bonchev–Trinajstić information content (AvgIpc) is 2.91. The fourth-order valence-corrected chi connectivity index (χ4v) is 1.97. The number of nitrogens with zero attached hydrogens (tertiary/aromatic N) is 4. The third-order valence-corrected chi connectivity index (χ3v) is 3.06. The zero-order valence-corrected chi connectivity index (χ0v) is 11.4. The normalized spacial score (nSPS) is 10.8. The van der Waals surface area contributed by atoms with E-state index < -0.39 is 0 Å². The van der Waals surface area contributed by atoms with E-state index in [-0.39, 0.29) is 0 Å². The summed E-state index contributed by atoms with van der Waals surface area (Å²) in [4.78, 5) is 8.39. The molecule has 5 nitrogen and oxygen atoms in total. The van der Waals surface area contributed by atoms with Crippen LogP contribution in [0, 0.1) is 0 Å². The predicted octanol–water partition coefficient (Wildman–Crippen LogP) is 2.97. The predicted molar refractivity (Wildman–Crippen MR) is 76.6 cm³/mol. The molecule has 0 aromatic carbocycles. The van der Waals surface area contributed by atoms with E-state index in [1.807, 2.05) is 30.5 Å². The molecule has 3 aromatic heterocycles. The van der Waals surface area contributed by atoms with Crippen molar-refractivity contribution in [2.75, 3.05) is 6.61 Å². The number of unbranched alkanes of at least 4 members (excludes halogenated alkanes) is 1. The molecule has 0 bridgehead atoms. The van der Waals surface area contributed by atoms with Crippen molar-refractivity contribution >= 4 is 5.65 Å². The van der Waals surface area contributed by atoms with E-state index in [0.29, 0.717) is 12.5 Å². The van der Waals surface area contributed by atoms with Gasteiger partial charge in [-0.25, -0.2) is 9.50 Å². The summed E-state index contributed by atoms with van der Waals surface area (Å²) < 4.78 is 7.44. The molecule has 0 saturated carbocycles. The molecule has 102 valence electrons. The molecule has 0 unspecified atom stereocenters. The van der Waals surface area contributed by atoms with Gasteiger partial charge in [0, 0.05) is 24.0 Å². The van der Waals surface area contributed by atoms with Gasteiger partial charge in [0.2, 0.25) is 5.88 Å². The molecule has 0 amide bonds. The fraction of sp³-hybridized carbons (Fsp3) is 0.267. The van der Waals surface area contributed by atoms with Crippen LogP contribution in [0.25, 0.3) is 16.9 Å². The molecule has 0 radical (unpaired) electrons. The van der Waals surface area contributed by atoms with Crippen LogP contribution in [-0.4, -0.2) is 26.2 Å². The van der Waals surface area contributed by atoms with Crippen LogP contribution in [0.2, 0.25) is 0 Å². The van der Waals surface area contributed by atoms with Crippen molar-refractivity contribution in [3.05, 3.63) is 42.9 Å². The zero-order valence-electron chi connectivity index (χ0n) is 11.4. The second kappa shape index (κ2) is 5.69. The first-order valence-electron chi connectivity index (χ1n) is 6.76. The van der Waals surface area contributed by atoms with Crippen LogP contribution in [0.5, 0.6) is 5.88 Å². The number of ether oxygens (including phenoxy) is 1. The minimum Gasteiger partial charge on any atom is -0.477 e. The first kappa shape index (κ1) is 12.6. The zero-order chi connectivity index (χ0) is 13.8. The third-order valence-electron chi connectivity index (χ3n) is 3.06. The average molecular weight is 268 g/mol. The van der Waals surface area contributed by atoms with Crippen molar-refractivity contribution < 1.29 is 4.74 Å². The van der Waals surface area contributed by atoms with Gasteiger partial charge in [-0.05, 0) is 24.6 Å². The molecule has 0 fully saturated rings. The summed E-state index contributed by atoms with van der Waals surface area (Å²) in [6.45, 7) is 2.83. The lowest BCUT2D eigenvalue weighted by atomic mass is 10.2. The summed E-state index contributed by atoms with van der Waals surface area (Å²) in [6, 6.07) is 7.65. The number of rotatable bonds is 5. The molecule has 3 heterocycles. The van der Waals surface area contributed by atoms with Crippen LogP contribution in [0.15, 0.2) is 42.9 Å². The van der Waals surface area contributed by atoms with Crippen molar-refractivity contribution in [2.45, 2.75) is 19.8 Å².